The zero-order valence-electron chi connectivity index (χ0n) is 12.3. The van der Waals surface area contributed by atoms with Crippen molar-refractivity contribution in [3.63, 3.8) is 0 Å². The SMILES string of the molecule is CCOC(=O)N1CCN(c2cccc3ccccc23)CC1. The molecule has 0 unspecified atom stereocenters. The smallest absolute Gasteiger partial charge is 0.409 e. The maximum absolute atomic E-state index is 11.7. The molecule has 3 rings (SSSR count). The van der Waals surface area contributed by atoms with E-state index in [9.17, 15) is 4.79 Å². The molecule has 2 aromatic rings. The van der Waals surface area contributed by atoms with Gasteiger partial charge in [0.05, 0.1) is 6.61 Å². The third-order valence-corrected chi connectivity index (χ3v) is 3.91. The van der Waals surface area contributed by atoms with Crippen LogP contribution < -0.4 is 4.90 Å². The molecule has 0 radical (unpaired) electrons. The van der Waals surface area contributed by atoms with E-state index in [0.717, 1.165) is 13.1 Å². The van der Waals surface area contributed by atoms with E-state index in [1.54, 1.807) is 4.90 Å². The van der Waals surface area contributed by atoms with Gasteiger partial charge in [0.25, 0.3) is 0 Å². The van der Waals surface area contributed by atoms with E-state index in [0.29, 0.717) is 19.7 Å². The highest BCUT2D eigenvalue weighted by Gasteiger charge is 2.22. The number of benzene rings is 2. The van der Waals surface area contributed by atoms with E-state index in [2.05, 4.69) is 47.4 Å². The number of ether oxygens (including phenoxy) is 1. The Morgan fingerprint density at radius 1 is 1.05 bits per heavy atom. The van der Waals surface area contributed by atoms with E-state index in [1.807, 2.05) is 6.92 Å². The van der Waals surface area contributed by atoms with Crippen LogP contribution in [0.3, 0.4) is 0 Å². The first-order chi connectivity index (χ1) is 10.3. The molecule has 1 saturated heterocycles. The van der Waals surface area contributed by atoms with Crippen LogP contribution in [0.15, 0.2) is 42.5 Å². The van der Waals surface area contributed by atoms with Crippen LogP contribution in [0.5, 0.6) is 0 Å². The van der Waals surface area contributed by atoms with Crippen molar-refractivity contribution in [3.8, 4) is 0 Å². The van der Waals surface area contributed by atoms with Gasteiger partial charge in [0.1, 0.15) is 0 Å². The average molecular weight is 284 g/mol. The Balaban J connectivity index is 1.76. The molecule has 1 fully saturated rings. The maximum atomic E-state index is 11.7. The quantitative estimate of drug-likeness (QED) is 0.849. The molecular weight excluding hydrogens is 264 g/mol. The van der Waals surface area contributed by atoms with E-state index >= 15 is 0 Å². The zero-order chi connectivity index (χ0) is 14.7. The second-order valence-corrected chi connectivity index (χ2v) is 5.17. The summed E-state index contributed by atoms with van der Waals surface area (Å²) >= 11 is 0. The van der Waals surface area contributed by atoms with E-state index in [1.165, 1.54) is 16.5 Å². The largest absolute Gasteiger partial charge is 0.450 e. The first-order valence-corrected chi connectivity index (χ1v) is 7.44. The molecule has 0 aromatic heterocycles. The van der Waals surface area contributed by atoms with Gasteiger partial charge in [-0.3, -0.25) is 0 Å². The molecule has 2 aromatic carbocycles. The minimum absolute atomic E-state index is 0.199. The number of nitrogens with zero attached hydrogens (tertiary/aromatic N) is 2. The molecule has 0 spiro atoms. The Morgan fingerprint density at radius 2 is 1.76 bits per heavy atom. The highest BCUT2D eigenvalue weighted by atomic mass is 16.6. The Labute approximate surface area is 124 Å². The number of hydrogen-bond donors (Lipinski definition) is 0. The predicted octanol–water partition coefficient (Wildman–Crippen LogP) is 3.12. The Morgan fingerprint density at radius 3 is 2.52 bits per heavy atom. The normalized spacial score (nSPS) is 15.3. The van der Waals surface area contributed by atoms with Crippen LogP contribution in [-0.4, -0.2) is 43.8 Å². The highest BCUT2D eigenvalue weighted by Crippen LogP contribution is 2.27. The lowest BCUT2D eigenvalue weighted by Gasteiger charge is -2.36. The molecule has 0 aliphatic carbocycles. The third-order valence-electron chi connectivity index (χ3n) is 3.91. The van der Waals surface area contributed by atoms with Crippen molar-refractivity contribution in [2.45, 2.75) is 6.92 Å². The lowest BCUT2D eigenvalue weighted by Crippen LogP contribution is -2.49. The highest BCUT2D eigenvalue weighted by molar-refractivity contribution is 5.94. The average Bonchev–Trinajstić information content (AvgIpc) is 2.55. The van der Waals surface area contributed by atoms with Crippen LogP contribution in [0.4, 0.5) is 10.5 Å². The second kappa shape index (κ2) is 6.04. The number of carbonyl (C=O) groups excluding carboxylic acids is 1. The predicted molar refractivity (Wildman–Crippen MR) is 84.8 cm³/mol. The van der Waals surface area contributed by atoms with Crippen molar-refractivity contribution < 1.29 is 9.53 Å². The first-order valence-electron chi connectivity index (χ1n) is 7.44. The summed E-state index contributed by atoms with van der Waals surface area (Å²) in [5.74, 6) is 0. The van der Waals surface area contributed by atoms with Crippen LogP contribution in [0, 0.1) is 0 Å². The summed E-state index contributed by atoms with van der Waals surface area (Å²) in [5, 5.41) is 2.52. The number of anilines is 1. The number of carbonyl (C=O) groups is 1. The van der Waals surface area contributed by atoms with Crippen molar-refractivity contribution in [2.24, 2.45) is 0 Å². The third kappa shape index (κ3) is 2.79. The van der Waals surface area contributed by atoms with Gasteiger partial charge in [0, 0.05) is 37.3 Å². The van der Waals surface area contributed by atoms with Gasteiger partial charge in [-0.25, -0.2) is 4.79 Å². The molecule has 0 bridgehead atoms. The molecule has 1 aliphatic rings. The monoisotopic (exact) mass is 284 g/mol. The van der Waals surface area contributed by atoms with Gasteiger partial charge >= 0.3 is 6.09 Å². The Bertz CT molecular complexity index is 628. The van der Waals surface area contributed by atoms with E-state index < -0.39 is 0 Å². The van der Waals surface area contributed by atoms with Crippen molar-refractivity contribution in [3.05, 3.63) is 42.5 Å². The Hall–Kier alpha value is -2.23. The van der Waals surface area contributed by atoms with Gasteiger partial charge in [-0.05, 0) is 18.4 Å². The van der Waals surface area contributed by atoms with Gasteiger partial charge in [0.15, 0.2) is 0 Å². The molecule has 4 nitrogen and oxygen atoms in total. The number of amides is 1. The van der Waals surface area contributed by atoms with Gasteiger partial charge in [-0.15, -0.1) is 0 Å². The molecule has 4 heteroatoms. The second-order valence-electron chi connectivity index (χ2n) is 5.17. The van der Waals surface area contributed by atoms with Gasteiger partial charge < -0.3 is 14.5 Å². The molecule has 0 N–H and O–H groups in total. The summed E-state index contributed by atoms with van der Waals surface area (Å²) in [7, 11) is 0. The Kier molecular flexibility index (Phi) is 3.95. The number of piperazine rings is 1. The lowest BCUT2D eigenvalue weighted by molar-refractivity contribution is 0.105. The van der Waals surface area contributed by atoms with Gasteiger partial charge in [-0.1, -0.05) is 36.4 Å². The molecule has 21 heavy (non-hydrogen) atoms. The topological polar surface area (TPSA) is 32.8 Å². The van der Waals surface area contributed by atoms with Crippen LogP contribution in [0.2, 0.25) is 0 Å². The molecule has 1 amide bonds. The van der Waals surface area contributed by atoms with Crippen LogP contribution in [-0.2, 0) is 4.74 Å². The molecule has 110 valence electrons. The summed E-state index contributed by atoms with van der Waals surface area (Å²) in [4.78, 5) is 15.9. The fraction of sp³-hybridized carbons (Fsp3) is 0.353. The zero-order valence-corrected chi connectivity index (χ0v) is 12.3. The maximum Gasteiger partial charge on any atom is 0.409 e. The summed E-state index contributed by atoms with van der Waals surface area (Å²) in [5.41, 5.74) is 1.25. The first kappa shape index (κ1) is 13.7. The molecule has 0 saturated carbocycles. The number of fused-ring (bicyclic) bond motifs is 1. The summed E-state index contributed by atoms with van der Waals surface area (Å²) in [6, 6.07) is 14.8. The van der Waals surface area contributed by atoms with E-state index in [4.69, 9.17) is 4.74 Å². The molecule has 1 heterocycles. The van der Waals surface area contributed by atoms with Crippen LogP contribution in [0.25, 0.3) is 10.8 Å². The van der Waals surface area contributed by atoms with Crippen LogP contribution in [0.1, 0.15) is 6.92 Å². The van der Waals surface area contributed by atoms with Crippen molar-refractivity contribution in [1.82, 2.24) is 4.90 Å². The molecule has 1 aliphatic heterocycles. The van der Waals surface area contributed by atoms with Crippen molar-refractivity contribution in [2.75, 3.05) is 37.7 Å². The fourth-order valence-electron chi connectivity index (χ4n) is 2.83. The van der Waals surface area contributed by atoms with Gasteiger partial charge in [-0.2, -0.15) is 0 Å². The van der Waals surface area contributed by atoms with Gasteiger partial charge in [0.2, 0.25) is 0 Å². The van der Waals surface area contributed by atoms with Crippen molar-refractivity contribution in [1.29, 1.82) is 0 Å². The summed E-state index contributed by atoms with van der Waals surface area (Å²) < 4.78 is 5.06. The van der Waals surface area contributed by atoms with Crippen LogP contribution >= 0.6 is 0 Å². The summed E-state index contributed by atoms with van der Waals surface area (Å²) in [6.07, 6.45) is -0.199. The summed E-state index contributed by atoms with van der Waals surface area (Å²) in [6.45, 7) is 5.37. The van der Waals surface area contributed by atoms with Crippen molar-refractivity contribution >= 4 is 22.6 Å². The standard InChI is InChI=1S/C17H20N2O2/c1-2-21-17(20)19-12-10-18(11-13-19)16-9-5-7-14-6-3-4-8-15(14)16/h3-9H,2,10-13H2,1H3. The lowest BCUT2D eigenvalue weighted by atomic mass is 10.1. The van der Waals surface area contributed by atoms with E-state index in [-0.39, 0.29) is 6.09 Å². The molecular formula is C17H20N2O2. The number of hydrogen-bond acceptors (Lipinski definition) is 3. The minimum atomic E-state index is -0.199. The number of rotatable bonds is 2. The fourth-order valence-corrected chi connectivity index (χ4v) is 2.83. The minimum Gasteiger partial charge on any atom is -0.450 e. The molecule has 0 atom stereocenters.